The van der Waals surface area contributed by atoms with Crippen LogP contribution in [0.2, 0.25) is 0 Å². The fourth-order valence-electron chi connectivity index (χ4n) is 1.71. The quantitative estimate of drug-likeness (QED) is 0.742. The Morgan fingerprint density at radius 3 is 2.43 bits per heavy atom. The molecule has 1 rings (SSSR count). The number of nitrogens with zero attached hydrogens (tertiary/aromatic N) is 2. The molecule has 0 aromatic carbocycles. The van der Waals surface area contributed by atoms with E-state index in [0.29, 0.717) is 5.92 Å². The first-order valence-electron chi connectivity index (χ1n) is 4.97. The summed E-state index contributed by atoms with van der Waals surface area (Å²) in [7, 11) is 3.69. The number of aryl methyl sites for hydroxylation is 1. The molecule has 14 heavy (non-hydrogen) atoms. The molecule has 0 aliphatic heterocycles. The molecule has 80 valence electrons. The molecule has 0 fully saturated rings. The van der Waals surface area contributed by atoms with Crippen LogP contribution in [0.1, 0.15) is 44.9 Å². The highest BCUT2D eigenvalue weighted by Crippen LogP contribution is 2.30. The highest BCUT2D eigenvalue weighted by atomic mass is 16.5. The standard InChI is InChI=1S/C11H20N2O/c1-8(2)9-7-12-13(5)10(9)11(3,4)14-6/h7-8H,1-6H3. The number of ether oxygens (including phenoxy) is 1. The van der Waals surface area contributed by atoms with E-state index >= 15 is 0 Å². The minimum Gasteiger partial charge on any atom is -0.373 e. The van der Waals surface area contributed by atoms with Gasteiger partial charge in [-0.1, -0.05) is 13.8 Å². The van der Waals surface area contributed by atoms with Gasteiger partial charge in [-0.15, -0.1) is 0 Å². The number of aromatic nitrogens is 2. The van der Waals surface area contributed by atoms with E-state index in [0.717, 1.165) is 5.69 Å². The van der Waals surface area contributed by atoms with Gasteiger partial charge in [0.2, 0.25) is 0 Å². The van der Waals surface area contributed by atoms with Gasteiger partial charge in [0.05, 0.1) is 11.9 Å². The molecular formula is C11H20N2O. The Balaban J connectivity index is 3.24. The van der Waals surface area contributed by atoms with Crippen LogP contribution in [0.4, 0.5) is 0 Å². The Labute approximate surface area is 86.1 Å². The average Bonchev–Trinajstić information content (AvgIpc) is 2.47. The molecule has 0 bridgehead atoms. The number of methoxy groups -OCH3 is 1. The van der Waals surface area contributed by atoms with E-state index < -0.39 is 0 Å². The van der Waals surface area contributed by atoms with Crippen molar-refractivity contribution in [3.63, 3.8) is 0 Å². The molecule has 1 heterocycles. The molecule has 0 spiro atoms. The smallest absolute Gasteiger partial charge is 0.104 e. The summed E-state index contributed by atoms with van der Waals surface area (Å²) in [6.45, 7) is 8.48. The van der Waals surface area contributed by atoms with E-state index in [1.54, 1.807) is 7.11 Å². The van der Waals surface area contributed by atoms with Gasteiger partial charge in [0.25, 0.3) is 0 Å². The van der Waals surface area contributed by atoms with Crippen molar-refractivity contribution in [2.24, 2.45) is 7.05 Å². The summed E-state index contributed by atoms with van der Waals surface area (Å²) in [6, 6.07) is 0. The van der Waals surface area contributed by atoms with Crippen molar-refractivity contribution in [1.29, 1.82) is 0 Å². The second kappa shape index (κ2) is 3.73. The Morgan fingerprint density at radius 2 is 2.00 bits per heavy atom. The molecule has 0 amide bonds. The predicted molar refractivity (Wildman–Crippen MR) is 57.3 cm³/mol. The molecule has 0 aliphatic carbocycles. The van der Waals surface area contributed by atoms with Gasteiger partial charge in [-0.25, -0.2) is 0 Å². The lowest BCUT2D eigenvalue weighted by Crippen LogP contribution is -2.25. The molecule has 0 N–H and O–H groups in total. The average molecular weight is 196 g/mol. The Bertz CT molecular complexity index is 313. The maximum absolute atomic E-state index is 5.49. The Hall–Kier alpha value is -0.830. The van der Waals surface area contributed by atoms with Crippen molar-refractivity contribution >= 4 is 0 Å². The molecule has 0 saturated carbocycles. The SMILES string of the molecule is COC(C)(C)c1c(C(C)C)cnn1C. The van der Waals surface area contributed by atoms with Crippen molar-refractivity contribution < 1.29 is 4.74 Å². The normalized spacial score (nSPS) is 12.5. The minimum absolute atomic E-state index is 0.273. The van der Waals surface area contributed by atoms with Gasteiger partial charge in [-0.05, 0) is 25.3 Å². The predicted octanol–water partition coefficient (Wildman–Crippen LogP) is 2.43. The second-order valence-electron chi connectivity index (χ2n) is 4.44. The first-order valence-corrected chi connectivity index (χ1v) is 4.97. The monoisotopic (exact) mass is 196 g/mol. The molecule has 0 radical (unpaired) electrons. The maximum Gasteiger partial charge on any atom is 0.104 e. The van der Waals surface area contributed by atoms with Gasteiger partial charge in [0, 0.05) is 14.2 Å². The summed E-state index contributed by atoms with van der Waals surface area (Å²) < 4.78 is 7.39. The third-order valence-electron chi connectivity index (χ3n) is 2.67. The fourth-order valence-corrected chi connectivity index (χ4v) is 1.71. The molecule has 3 nitrogen and oxygen atoms in total. The Kier molecular flexibility index (Phi) is 3.00. The lowest BCUT2D eigenvalue weighted by molar-refractivity contribution is 0.0114. The summed E-state index contributed by atoms with van der Waals surface area (Å²) in [5.41, 5.74) is 2.15. The highest BCUT2D eigenvalue weighted by molar-refractivity contribution is 5.26. The van der Waals surface area contributed by atoms with Crippen molar-refractivity contribution in [3.05, 3.63) is 17.5 Å². The van der Waals surface area contributed by atoms with Crippen LogP contribution in [-0.2, 0) is 17.4 Å². The zero-order valence-electron chi connectivity index (χ0n) is 9.96. The van der Waals surface area contributed by atoms with Crippen LogP contribution in [0.5, 0.6) is 0 Å². The summed E-state index contributed by atoms with van der Waals surface area (Å²) in [4.78, 5) is 0. The van der Waals surface area contributed by atoms with E-state index in [1.807, 2.05) is 17.9 Å². The van der Waals surface area contributed by atoms with Crippen LogP contribution in [-0.4, -0.2) is 16.9 Å². The van der Waals surface area contributed by atoms with Gasteiger partial charge >= 0.3 is 0 Å². The molecular weight excluding hydrogens is 176 g/mol. The first kappa shape index (κ1) is 11.2. The zero-order valence-corrected chi connectivity index (χ0v) is 9.96. The topological polar surface area (TPSA) is 27.1 Å². The van der Waals surface area contributed by atoms with E-state index in [1.165, 1.54) is 5.56 Å². The van der Waals surface area contributed by atoms with Crippen molar-refractivity contribution in [2.45, 2.75) is 39.2 Å². The van der Waals surface area contributed by atoms with E-state index in [4.69, 9.17) is 4.74 Å². The van der Waals surface area contributed by atoms with E-state index in [-0.39, 0.29) is 5.60 Å². The molecule has 0 atom stereocenters. The van der Waals surface area contributed by atoms with Crippen LogP contribution in [0.15, 0.2) is 6.20 Å². The van der Waals surface area contributed by atoms with Gasteiger partial charge in [-0.3, -0.25) is 4.68 Å². The zero-order chi connectivity index (χ0) is 10.9. The van der Waals surface area contributed by atoms with Crippen LogP contribution < -0.4 is 0 Å². The van der Waals surface area contributed by atoms with Gasteiger partial charge in [0.1, 0.15) is 5.60 Å². The van der Waals surface area contributed by atoms with Gasteiger partial charge in [0.15, 0.2) is 0 Å². The second-order valence-corrected chi connectivity index (χ2v) is 4.44. The molecule has 0 saturated heterocycles. The van der Waals surface area contributed by atoms with Crippen LogP contribution in [0.3, 0.4) is 0 Å². The molecule has 0 aliphatic rings. The third-order valence-corrected chi connectivity index (χ3v) is 2.67. The first-order chi connectivity index (χ1) is 6.40. The van der Waals surface area contributed by atoms with Crippen LogP contribution >= 0.6 is 0 Å². The highest BCUT2D eigenvalue weighted by Gasteiger charge is 2.27. The molecule has 1 aromatic heterocycles. The summed E-state index contributed by atoms with van der Waals surface area (Å²) in [5.74, 6) is 0.480. The maximum atomic E-state index is 5.49. The molecule has 3 heteroatoms. The van der Waals surface area contributed by atoms with E-state index in [9.17, 15) is 0 Å². The molecule has 1 aromatic rings. The van der Waals surface area contributed by atoms with Crippen molar-refractivity contribution in [2.75, 3.05) is 7.11 Å². The van der Waals surface area contributed by atoms with Crippen molar-refractivity contribution in [1.82, 2.24) is 9.78 Å². The summed E-state index contributed by atoms with van der Waals surface area (Å²) in [6.07, 6.45) is 1.93. The third kappa shape index (κ3) is 1.82. The lowest BCUT2D eigenvalue weighted by atomic mass is 9.94. The number of hydrogen-bond acceptors (Lipinski definition) is 2. The molecule has 0 unspecified atom stereocenters. The number of rotatable bonds is 3. The van der Waals surface area contributed by atoms with E-state index in [2.05, 4.69) is 32.8 Å². The minimum atomic E-state index is -0.273. The fraction of sp³-hybridized carbons (Fsp3) is 0.727. The van der Waals surface area contributed by atoms with Crippen LogP contribution in [0, 0.1) is 0 Å². The largest absolute Gasteiger partial charge is 0.373 e. The van der Waals surface area contributed by atoms with Gasteiger partial charge in [-0.2, -0.15) is 5.10 Å². The summed E-state index contributed by atoms with van der Waals surface area (Å²) in [5, 5.41) is 4.29. The lowest BCUT2D eigenvalue weighted by Gasteiger charge is -2.25. The van der Waals surface area contributed by atoms with Gasteiger partial charge < -0.3 is 4.74 Å². The number of hydrogen-bond donors (Lipinski definition) is 0. The van der Waals surface area contributed by atoms with Crippen molar-refractivity contribution in [3.8, 4) is 0 Å². The van der Waals surface area contributed by atoms with Crippen LogP contribution in [0.25, 0.3) is 0 Å². The summed E-state index contributed by atoms with van der Waals surface area (Å²) >= 11 is 0. The Morgan fingerprint density at radius 1 is 1.43 bits per heavy atom.